The van der Waals surface area contributed by atoms with Crippen LogP contribution in [0.4, 0.5) is 5.82 Å². The van der Waals surface area contributed by atoms with Gasteiger partial charge in [-0.25, -0.2) is 4.98 Å². The summed E-state index contributed by atoms with van der Waals surface area (Å²) in [4.78, 5) is 11.4. The molecule has 5 nitrogen and oxygen atoms in total. The van der Waals surface area contributed by atoms with E-state index in [-0.39, 0.29) is 0 Å². The van der Waals surface area contributed by atoms with Gasteiger partial charge in [0.05, 0.1) is 5.56 Å². The molecule has 2 atom stereocenters. The van der Waals surface area contributed by atoms with Crippen molar-refractivity contribution in [3.05, 3.63) is 24.2 Å². The van der Waals surface area contributed by atoms with Crippen LogP contribution >= 0.6 is 0 Å². The number of rotatable bonds is 2. The highest BCUT2D eigenvalue weighted by Gasteiger charge is 2.35. The molecule has 110 valence electrons. The Balaban J connectivity index is 1.66. The van der Waals surface area contributed by atoms with Gasteiger partial charge in [-0.3, -0.25) is 0 Å². The molecule has 2 fully saturated rings. The molecule has 0 aromatic carbocycles. The molecule has 5 heteroatoms. The molecule has 0 N–H and O–H groups in total. The maximum absolute atomic E-state index is 5.34. The molecular formula is C16H20N4O. The third kappa shape index (κ3) is 2.30. The van der Waals surface area contributed by atoms with Gasteiger partial charge in [0.15, 0.2) is 5.82 Å². The Bertz CT molecular complexity index is 625. The summed E-state index contributed by atoms with van der Waals surface area (Å²) in [6, 6.07) is 3.96. The number of hydrogen-bond acceptors (Lipinski definition) is 5. The quantitative estimate of drug-likeness (QED) is 0.848. The third-order valence-electron chi connectivity index (χ3n) is 4.82. The van der Waals surface area contributed by atoms with Crippen molar-refractivity contribution in [2.75, 3.05) is 18.0 Å². The summed E-state index contributed by atoms with van der Waals surface area (Å²) in [6.45, 7) is 4.07. The molecule has 0 unspecified atom stereocenters. The number of aryl methyl sites for hydroxylation is 1. The van der Waals surface area contributed by atoms with Gasteiger partial charge < -0.3 is 9.42 Å². The normalized spacial score (nSPS) is 25.1. The summed E-state index contributed by atoms with van der Waals surface area (Å²) in [6.07, 6.45) is 7.34. The molecule has 0 radical (unpaired) electrons. The maximum Gasteiger partial charge on any atom is 0.261 e. The van der Waals surface area contributed by atoms with E-state index in [1.165, 1.54) is 25.7 Å². The minimum atomic E-state index is 0.575. The van der Waals surface area contributed by atoms with Gasteiger partial charge in [-0.05, 0) is 43.7 Å². The second kappa shape index (κ2) is 5.13. The lowest BCUT2D eigenvalue weighted by Gasteiger charge is -2.22. The van der Waals surface area contributed by atoms with Crippen LogP contribution in [0, 0.1) is 18.8 Å². The second-order valence-electron chi connectivity index (χ2n) is 6.23. The lowest BCUT2D eigenvalue weighted by atomic mass is 9.82. The minimum absolute atomic E-state index is 0.575. The zero-order valence-electron chi connectivity index (χ0n) is 12.3. The van der Waals surface area contributed by atoms with Crippen molar-refractivity contribution in [3.8, 4) is 11.5 Å². The van der Waals surface area contributed by atoms with E-state index in [0.29, 0.717) is 11.7 Å². The zero-order valence-corrected chi connectivity index (χ0v) is 12.3. The van der Waals surface area contributed by atoms with Crippen LogP contribution in [-0.2, 0) is 0 Å². The molecule has 1 aliphatic heterocycles. The largest absolute Gasteiger partial charge is 0.355 e. The van der Waals surface area contributed by atoms with E-state index in [1.54, 1.807) is 0 Å². The van der Waals surface area contributed by atoms with E-state index in [1.807, 2.05) is 25.3 Å². The molecule has 2 aromatic heterocycles. The Morgan fingerprint density at radius 1 is 1.19 bits per heavy atom. The summed E-state index contributed by atoms with van der Waals surface area (Å²) >= 11 is 0. The Morgan fingerprint density at radius 3 is 2.62 bits per heavy atom. The molecule has 3 heterocycles. The van der Waals surface area contributed by atoms with Crippen LogP contribution in [0.1, 0.15) is 31.5 Å². The van der Waals surface area contributed by atoms with E-state index in [2.05, 4.69) is 20.0 Å². The molecular weight excluding hydrogens is 264 g/mol. The van der Waals surface area contributed by atoms with Crippen LogP contribution in [0.2, 0.25) is 0 Å². The van der Waals surface area contributed by atoms with Gasteiger partial charge in [0.25, 0.3) is 5.89 Å². The van der Waals surface area contributed by atoms with E-state index >= 15 is 0 Å². The number of pyridine rings is 1. The van der Waals surface area contributed by atoms with Crippen LogP contribution in [-0.4, -0.2) is 28.2 Å². The SMILES string of the molecule is Cc1noc(-c2cccnc2N2C[C@@H]3CCCC[C@H]3C2)n1. The third-order valence-corrected chi connectivity index (χ3v) is 4.82. The maximum atomic E-state index is 5.34. The summed E-state index contributed by atoms with van der Waals surface area (Å²) in [5.74, 6) is 3.90. The molecule has 0 amide bonds. The van der Waals surface area contributed by atoms with E-state index in [9.17, 15) is 0 Å². The van der Waals surface area contributed by atoms with Crippen LogP contribution in [0.5, 0.6) is 0 Å². The molecule has 0 bridgehead atoms. The lowest BCUT2D eigenvalue weighted by molar-refractivity contribution is 0.299. The molecule has 21 heavy (non-hydrogen) atoms. The second-order valence-corrected chi connectivity index (χ2v) is 6.23. The van der Waals surface area contributed by atoms with Gasteiger partial charge in [-0.1, -0.05) is 18.0 Å². The predicted octanol–water partition coefficient (Wildman–Crippen LogP) is 3.07. The summed E-state index contributed by atoms with van der Waals surface area (Å²) in [7, 11) is 0. The van der Waals surface area contributed by atoms with E-state index in [4.69, 9.17) is 4.52 Å². The lowest BCUT2D eigenvalue weighted by Crippen LogP contribution is -2.21. The molecule has 1 saturated heterocycles. The number of aromatic nitrogens is 3. The van der Waals surface area contributed by atoms with Crippen LogP contribution in [0.3, 0.4) is 0 Å². The highest BCUT2D eigenvalue weighted by Crippen LogP contribution is 2.39. The fraction of sp³-hybridized carbons (Fsp3) is 0.562. The van der Waals surface area contributed by atoms with Gasteiger partial charge in [0.1, 0.15) is 5.82 Å². The van der Waals surface area contributed by atoms with Crippen molar-refractivity contribution < 1.29 is 4.52 Å². The van der Waals surface area contributed by atoms with E-state index in [0.717, 1.165) is 36.3 Å². The highest BCUT2D eigenvalue weighted by atomic mass is 16.5. The molecule has 1 saturated carbocycles. The van der Waals surface area contributed by atoms with Gasteiger partial charge in [-0.2, -0.15) is 4.98 Å². The number of nitrogens with zero attached hydrogens (tertiary/aromatic N) is 4. The summed E-state index contributed by atoms with van der Waals surface area (Å²) in [5.41, 5.74) is 0.955. The van der Waals surface area contributed by atoms with Gasteiger partial charge in [0.2, 0.25) is 0 Å². The molecule has 4 rings (SSSR count). The fourth-order valence-electron chi connectivity index (χ4n) is 3.80. The monoisotopic (exact) mass is 284 g/mol. The van der Waals surface area contributed by atoms with Crippen molar-refractivity contribution in [1.82, 2.24) is 15.1 Å². The number of fused-ring (bicyclic) bond motifs is 1. The van der Waals surface area contributed by atoms with Crippen molar-refractivity contribution in [1.29, 1.82) is 0 Å². The Kier molecular flexibility index (Phi) is 3.13. The minimum Gasteiger partial charge on any atom is -0.355 e. The predicted molar refractivity (Wildman–Crippen MR) is 79.9 cm³/mol. The van der Waals surface area contributed by atoms with Gasteiger partial charge in [0, 0.05) is 19.3 Å². The van der Waals surface area contributed by atoms with Crippen LogP contribution in [0.25, 0.3) is 11.5 Å². The smallest absolute Gasteiger partial charge is 0.261 e. The van der Waals surface area contributed by atoms with Crippen LogP contribution < -0.4 is 4.90 Å². The molecule has 0 spiro atoms. The van der Waals surface area contributed by atoms with Crippen molar-refractivity contribution in [3.63, 3.8) is 0 Å². The molecule has 1 aliphatic carbocycles. The Labute approximate surface area is 124 Å². The van der Waals surface area contributed by atoms with Crippen molar-refractivity contribution >= 4 is 5.82 Å². The van der Waals surface area contributed by atoms with Gasteiger partial charge >= 0.3 is 0 Å². The first-order chi connectivity index (χ1) is 10.3. The zero-order chi connectivity index (χ0) is 14.2. The highest BCUT2D eigenvalue weighted by molar-refractivity contribution is 5.70. The standard InChI is InChI=1S/C16H20N4O/c1-11-18-16(21-19-11)14-7-4-8-17-15(14)20-9-12-5-2-3-6-13(12)10-20/h4,7-8,12-13H,2-3,5-6,9-10H2,1H3/t12-,13-/m0/s1. The first kappa shape index (κ1) is 12.8. The van der Waals surface area contributed by atoms with Crippen molar-refractivity contribution in [2.24, 2.45) is 11.8 Å². The summed E-state index contributed by atoms with van der Waals surface area (Å²) in [5, 5.41) is 3.90. The van der Waals surface area contributed by atoms with E-state index < -0.39 is 0 Å². The van der Waals surface area contributed by atoms with Crippen LogP contribution in [0.15, 0.2) is 22.9 Å². The Morgan fingerprint density at radius 2 is 1.95 bits per heavy atom. The number of anilines is 1. The first-order valence-electron chi connectivity index (χ1n) is 7.82. The molecule has 2 aliphatic rings. The Hall–Kier alpha value is -1.91. The first-order valence-corrected chi connectivity index (χ1v) is 7.82. The average molecular weight is 284 g/mol. The fourth-order valence-corrected chi connectivity index (χ4v) is 3.80. The van der Waals surface area contributed by atoms with Crippen molar-refractivity contribution in [2.45, 2.75) is 32.6 Å². The molecule has 2 aromatic rings. The van der Waals surface area contributed by atoms with Gasteiger partial charge in [-0.15, -0.1) is 0 Å². The average Bonchev–Trinajstić information content (AvgIpc) is 3.13. The summed E-state index contributed by atoms with van der Waals surface area (Å²) < 4.78 is 5.34. The topological polar surface area (TPSA) is 55.1 Å². The number of hydrogen-bond donors (Lipinski definition) is 0.